The van der Waals surface area contributed by atoms with Crippen LogP contribution in [0.3, 0.4) is 0 Å². The molecule has 1 amide bonds. The molecule has 0 aromatic carbocycles. The highest BCUT2D eigenvalue weighted by molar-refractivity contribution is 9.10. The number of rotatable bonds is 4. The summed E-state index contributed by atoms with van der Waals surface area (Å²) in [6.07, 6.45) is 2.50. The maximum atomic E-state index is 11.5. The first kappa shape index (κ1) is 19.4. The molecular formula is C19H22BrN7O2. The quantitative estimate of drug-likeness (QED) is 0.618. The largest absolute Gasteiger partial charge is 0.465 e. The molecule has 3 aromatic heterocycles. The van der Waals surface area contributed by atoms with Crippen molar-refractivity contribution in [2.75, 3.05) is 23.3 Å². The van der Waals surface area contributed by atoms with Gasteiger partial charge in [0.1, 0.15) is 17.7 Å². The summed E-state index contributed by atoms with van der Waals surface area (Å²) in [7, 11) is 0. The van der Waals surface area contributed by atoms with Crippen LogP contribution in [-0.2, 0) is 6.54 Å². The third kappa shape index (κ3) is 3.84. The number of nitrogens with one attached hydrogen (secondary N) is 1. The van der Waals surface area contributed by atoms with E-state index >= 15 is 0 Å². The molecule has 152 valence electrons. The van der Waals surface area contributed by atoms with Crippen molar-refractivity contribution >= 4 is 39.2 Å². The number of hydrogen-bond acceptors (Lipinski definition) is 6. The molecule has 1 aliphatic rings. The van der Waals surface area contributed by atoms with Crippen molar-refractivity contribution in [2.45, 2.75) is 32.5 Å². The van der Waals surface area contributed by atoms with E-state index in [0.29, 0.717) is 19.6 Å². The fraction of sp³-hybridized carbons (Fsp3) is 0.368. The fourth-order valence-corrected chi connectivity index (χ4v) is 4.34. The van der Waals surface area contributed by atoms with E-state index in [0.717, 1.165) is 27.3 Å². The van der Waals surface area contributed by atoms with Gasteiger partial charge in [-0.1, -0.05) is 6.07 Å². The molecule has 10 heteroatoms. The maximum Gasteiger partial charge on any atom is 0.407 e. The Kier molecular flexibility index (Phi) is 5.27. The van der Waals surface area contributed by atoms with E-state index in [4.69, 9.17) is 4.98 Å². The summed E-state index contributed by atoms with van der Waals surface area (Å²) in [5.74, 6) is 1.58. The van der Waals surface area contributed by atoms with Gasteiger partial charge in [-0.15, -0.1) is 0 Å². The summed E-state index contributed by atoms with van der Waals surface area (Å²) < 4.78 is 2.68. The summed E-state index contributed by atoms with van der Waals surface area (Å²) in [5.41, 5.74) is 1.75. The van der Waals surface area contributed by atoms with Crippen LogP contribution in [0.4, 0.5) is 16.4 Å². The second-order valence-electron chi connectivity index (χ2n) is 7.20. The predicted octanol–water partition coefficient (Wildman–Crippen LogP) is 3.08. The first-order valence-electron chi connectivity index (χ1n) is 9.38. The summed E-state index contributed by atoms with van der Waals surface area (Å²) in [6, 6.07) is 7.63. The number of carboxylic acid groups (broad SMARTS) is 1. The smallest absolute Gasteiger partial charge is 0.407 e. The summed E-state index contributed by atoms with van der Waals surface area (Å²) >= 11 is 3.52. The number of carbonyl (C=O) groups is 1. The highest BCUT2D eigenvalue weighted by Gasteiger charge is 2.33. The van der Waals surface area contributed by atoms with Crippen LogP contribution in [0, 0.1) is 0 Å². The van der Waals surface area contributed by atoms with Gasteiger partial charge in [0, 0.05) is 23.8 Å². The van der Waals surface area contributed by atoms with E-state index in [-0.39, 0.29) is 12.1 Å². The molecule has 0 spiro atoms. The first-order valence-corrected chi connectivity index (χ1v) is 10.2. The fourth-order valence-electron chi connectivity index (χ4n) is 3.85. The number of halogens is 1. The van der Waals surface area contributed by atoms with Gasteiger partial charge in [-0.25, -0.2) is 19.3 Å². The highest BCUT2D eigenvalue weighted by Crippen LogP contribution is 2.25. The van der Waals surface area contributed by atoms with Crippen molar-refractivity contribution in [3.63, 3.8) is 0 Å². The SMILES string of the molecule is C[C@@H]1CN(c2cccc(CNc3ncnn4ccc(Br)c34)n2)C[C@H](C)N1C(=O)O. The van der Waals surface area contributed by atoms with Crippen molar-refractivity contribution in [1.82, 2.24) is 24.5 Å². The van der Waals surface area contributed by atoms with Crippen molar-refractivity contribution in [3.05, 3.63) is 47.0 Å². The van der Waals surface area contributed by atoms with Crippen molar-refractivity contribution < 1.29 is 9.90 Å². The molecule has 2 atom stereocenters. The number of piperazine rings is 1. The lowest BCUT2D eigenvalue weighted by molar-refractivity contribution is 0.0981. The third-order valence-electron chi connectivity index (χ3n) is 5.10. The summed E-state index contributed by atoms with van der Waals surface area (Å²) in [6.45, 7) is 5.60. The second kappa shape index (κ2) is 7.86. The molecule has 1 aliphatic heterocycles. The van der Waals surface area contributed by atoms with Crippen LogP contribution in [-0.4, -0.2) is 60.9 Å². The predicted molar refractivity (Wildman–Crippen MR) is 113 cm³/mol. The average molecular weight is 460 g/mol. The zero-order valence-corrected chi connectivity index (χ0v) is 17.7. The minimum absolute atomic E-state index is 0.0964. The average Bonchev–Trinajstić information content (AvgIpc) is 3.07. The lowest BCUT2D eigenvalue weighted by atomic mass is 10.1. The van der Waals surface area contributed by atoms with Crippen LogP contribution in [0.25, 0.3) is 5.52 Å². The molecule has 4 rings (SSSR count). The Balaban J connectivity index is 1.49. The van der Waals surface area contributed by atoms with Gasteiger partial charge >= 0.3 is 6.09 Å². The molecule has 4 heterocycles. The van der Waals surface area contributed by atoms with Gasteiger partial charge in [-0.05, 0) is 48.0 Å². The molecule has 0 bridgehead atoms. The number of aromatic nitrogens is 4. The highest BCUT2D eigenvalue weighted by atomic mass is 79.9. The van der Waals surface area contributed by atoms with E-state index in [1.807, 2.05) is 44.3 Å². The molecule has 1 saturated heterocycles. The Hall–Kier alpha value is -2.88. The molecule has 0 unspecified atom stereocenters. The molecule has 0 aliphatic carbocycles. The lowest BCUT2D eigenvalue weighted by Crippen LogP contribution is -2.58. The van der Waals surface area contributed by atoms with Crippen molar-refractivity contribution in [3.8, 4) is 0 Å². The third-order valence-corrected chi connectivity index (χ3v) is 5.74. The number of hydrogen-bond donors (Lipinski definition) is 2. The van der Waals surface area contributed by atoms with E-state index in [9.17, 15) is 9.90 Å². The van der Waals surface area contributed by atoms with E-state index < -0.39 is 6.09 Å². The zero-order valence-electron chi connectivity index (χ0n) is 16.2. The molecule has 9 nitrogen and oxygen atoms in total. The number of anilines is 2. The second-order valence-corrected chi connectivity index (χ2v) is 8.05. The molecule has 3 aromatic rings. The lowest BCUT2D eigenvalue weighted by Gasteiger charge is -2.43. The van der Waals surface area contributed by atoms with Crippen LogP contribution >= 0.6 is 15.9 Å². The van der Waals surface area contributed by atoms with Gasteiger partial charge in [-0.2, -0.15) is 5.10 Å². The Labute approximate surface area is 176 Å². The van der Waals surface area contributed by atoms with Crippen molar-refractivity contribution in [1.29, 1.82) is 0 Å². The van der Waals surface area contributed by atoms with Gasteiger partial charge < -0.3 is 15.3 Å². The summed E-state index contributed by atoms with van der Waals surface area (Å²) in [5, 5.41) is 16.9. The van der Waals surface area contributed by atoms with Gasteiger partial charge in [0.25, 0.3) is 0 Å². The molecule has 2 N–H and O–H groups in total. The standard InChI is InChI=1S/C19H22BrN7O2/c1-12-9-25(10-13(2)27(12)19(28)29)16-5-3-4-14(24-16)8-21-18-17-15(20)6-7-26(17)23-11-22-18/h3-7,11-13H,8-10H2,1-2H3,(H,28,29)(H,21,22,23)/t12-,13+. The van der Waals surface area contributed by atoms with E-state index in [1.54, 1.807) is 4.52 Å². The molecule has 29 heavy (non-hydrogen) atoms. The molecule has 1 fully saturated rings. The number of fused-ring (bicyclic) bond motifs is 1. The Morgan fingerprint density at radius 1 is 1.28 bits per heavy atom. The Bertz CT molecular complexity index is 1030. The van der Waals surface area contributed by atoms with Crippen molar-refractivity contribution in [2.24, 2.45) is 0 Å². The van der Waals surface area contributed by atoms with E-state index in [2.05, 4.69) is 36.2 Å². The number of amides is 1. The molecule has 0 radical (unpaired) electrons. The van der Waals surface area contributed by atoms with E-state index in [1.165, 1.54) is 11.2 Å². The zero-order chi connectivity index (χ0) is 20.5. The van der Waals surface area contributed by atoms with Gasteiger partial charge in [0.05, 0.1) is 24.3 Å². The monoisotopic (exact) mass is 459 g/mol. The van der Waals surface area contributed by atoms with Crippen LogP contribution < -0.4 is 10.2 Å². The van der Waals surface area contributed by atoms with Crippen LogP contribution in [0.15, 0.2) is 41.3 Å². The van der Waals surface area contributed by atoms with Crippen LogP contribution in [0.5, 0.6) is 0 Å². The number of pyridine rings is 1. The van der Waals surface area contributed by atoms with Gasteiger partial charge in [0.2, 0.25) is 0 Å². The topological polar surface area (TPSA) is 98.9 Å². The minimum atomic E-state index is -0.872. The maximum absolute atomic E-state index is 11.5. The molecule has 0 saturated carbocycles. The summed E-state index contributed by atoms with van der Waals surface area (Å²) in [4.78, 5) is 24.2. The van der Waals surface area contributed by atoms with Gasteiger partial charge in [0.15, 0.2) is 5.82 Å². The first-order chi connectivity index (χ1) is 13.9. The van der Waals surface area contributed by atoms with Crippen LogP contribution in [0.1, 0.15) is 19.5 Å². The number of nitrogens with zero attached hydrogens (tertiary/aromatic N) is 6. The molecular weight excluding hydrogens is 438 g/mol. The van der Waals surface area contributed by atoms with Gasteiger partial charge in [-0.3, -0.25) is 4.90 Å². The Morgan fingerprint density at radius 2 is 2.03 bits per heavy atom. The normalized spacial score (nSPS) is 19.6. The minimum Gasteiger partial charge on any atom is -0.465 e. The van der Waals surface area contributed by atoms with Crippen LogP contribution in [0.2, 0.25) is 0 Å². The Morgan fingerprint density at radius 3 is 2.76 bits per heavy atom.